The Morgan fingerprint density at radius 3 is 3.00 bits per heavy atom. The average Bonchev–Trinajstić information content (AvgIpc) is 2.78. The maximum atomic E-state index is 10.6. The minimum absolute atomic E-state index is 0.107. The largest absolute Gasteiger partial charge is 0.433 e. The molecule has 6 nitrogen and oxygen atoms in total. The standard InChI is InChI=1S/C12H19N3O3/c1-9(13)11-4-2-3-7-14(11)8-10-5-6-12(18-10)15(16)17/h5-6,9,11H,2-4,7-8,13H2,1H3. The third kappa shape index (κ3) is 2.88. The summed E-state index contributed by atoms with van der Waals surface area (Å²) in [4.78, 5) is 12.3. The number of rotatable bonds is 4. The van der Waals surface area contributed by atoms with E-state index in [0.29, 0.717) is 18.3 Å². The van der Waals surface area contributed by atoms with Gasteiger partial charge in [0, 0.05) is 12.1 Å². The Morgan fingerprint density at radius 1 is 1.61 bits per heavy atom. The quantitative estimate of drug-likeness (QED) is 0.654. The van der Waals surface area contributed by atoms with Gasteiger partial charge in [0.05, 0.1) is 12.6 Å². The minimum Gasteiger partial charge on any atom is -0.404 e. The molecule has 2 atom stereocenters. The van der Waals surface area contributed by atoms with Crippen molar-refractivity contribution in [3.63, 3.8) is 0 Å². The minimum atomic E-state index is -0.511. The van der Waals surface area contributed by atoms with Gasteiger partial charge in [0.2, 0.25) is 0 Å². The molecule has 2 rings (SSSR count). The molecule has 0 saturated carbocycles. The van der Waals surface area contributed by atoms with Gasteiger partial charge in [-0.05, 0) is 32.4 Å². The second kappa shape index (κ2) is 5.49. The molecule has 18 heavy (non-hydrogen) atoms. The number of furan rings is 1. The number of nitrogens with zero attached hydrogens (tertiary/aromatic N) is 2. The van der Waals surface area contributed by atoms with Gasteiger partial charge in [0.1, 0.15) is 10.7 Å². The number of likely N-dealkylation sites (tertiary alicyclic amines) is 1. The van der Waals surface area contributed by atoms with Crippen molar-refractivity contribution in [3.8, 4) is 0 Å². The normalized spacial score (nSPS) is 22.9. The summed E-state index contributed by atoms with van der Waals surface area (Å²) < 4.78 is 5.19. The molecule has 0 aromatic carbocycles. The topological polar surface area (TPSA) is 85.5 Å². The van der Waals surface area contributed by atoms with Crippen LogP contribution in [0.4, 0.5) is 5.88 Å². The Balaban J connectivity index is 2.03. The van der Waals surface area contributed by atoms with Crippen LogP contribution >= 0.6 is 0 Å². The first kappa shape index (κ1) is 13.0. The van der Waals surface area contributed by atoms with Crippen LogP contribution in [0.25, 0.3) is 0 Å². The van der Waals surface area contributed by atoms with Crippen molar-refractivity contribution in [2.24, 2.45) is 5.73 Å². The molecular formula is C12H19N3O3. The number of nitrogens with two attached hydrogens (primary N) is 1. The zero-order valence-electron chi connectivity index (χ0n) is 10.5. The van der Waals surface area contributed by atoms with Gasteiger partial charge in [-0.2, -0.15) is 0 Å². The molecule has 6 heteroatoms. The van der Waals surface area contributed by atoms with E-state index in [1.54, 1.807) is 6.07 Å². The van der Waals surface area contributed by atoms with Crippen LogP contribution in [0.5, 0.6) is 0 Å². The van der Waals surface area contributed by atoms with Crippen LogP contribution in [0, 0.1) is 10.1 Å². The highest BCUT2D eigenvalue weighted by Gasteiger charge is 2.26. The first-order valence-electron chi connectivity index (χ1n) is 6.30. The molecule has 0 bridgehead atoms. The van der Waals surface area contributed by atoms with Crippen molar-refractivity contribution >= 4 is 5.88 Å². The number of piperidine rings is 1. The Labute approximate surface area is 106 Å². The highest BCUT2D eigenvalue weighted by atomic mass is 16.6. The molecule has 2 N–H and O–H groups in total. The molecule has 2 unspecified atom stereocenters. The third-order valence-corrected chi connectivity index (χ3v) is 3.46. The fraction of sp³-hybridized carbons (Fsp3) is 0.667. The molecular weight excluding hydrogens is 234 g/mol. The zero-order chi connectivity index (χ0) is 13.1. The van der Waals surface area contributed by atoms with Gasteiger partial charge in [0.15, 0.2) is 0 Å². The van der Waals surface area contributed by atoms with E-state index in [1.165, 1.54) is 12.5 Å². The second-order valence-corrected chi connectivity index (χ2v) is 4.89. The molecule has 1 aromatic heterocycles. The predicted molar refractivity (Wildman–Crippen MR) is 67.1 cm³/mol. The summed E-state index contributed by atoms with van der Waals surface area (Å²) in [5.41, 5.74) is 5.98. The molecule has 2 heterocycles. The lowest BCUT2D eigenvalue weighted by Crippen LogP contribution is -2.48. The highest BCUT2D eigenvalue weighted by Crippen LogP contribution is 2.23. The number of hydrogen-bond acceptors (Lipinski definition) is 5. The van der Waals surface area contributed by atoms with Gasteiger partial charge >= 0.3 is 5.88 Å². The molecule has 0 amide bonds. The molecule has 1 fully saturated rings. The van der Waals surface area contributed by atoms with E-state index < -0.39 is 4.92 Å². The number of nitro groups is 1. The molecule has 100 valence electrons. The molecule has 0 aliphatic carbocycles. The summed E-state index contributed by atoms with van der Waals surface area (Å²) in [6.45, 7) is 3.58. The summed E-state index contributed by atoms with van der Waals surface area (Å²) in [6, 6.07) is 3.52. The molecule has 1 aliphatic heterocycles. The summed E-state index contributed by atoms with van der Waals surface area (Å²) >= 11 is 0. The average molecular weight is 253 g/mol. The SMILES string of the molecule is CC(N)C1CCCCN1Cc1ccc([N+](=O)[O-])o1. The fourth-order valence-electron chi connectivity index (χ4n) is 2.56. The molecule has 0 radical (unpaired) electrons. The van der Waals surface area contributed by atoms with Crippen LogP contribution in [0.3, 0.4) is 0 Å². The zero-order valence-corrected chi connectivity index (χ0v) is 10.5. The van der Waals surface area contributed by atoms with Crippen molar-refractivity contribution in [1.82, 2.24) is 4.90 Å². The van der Waals surface area contributed by atoms with Gasteiger partial charge in [-0.15, -0.1) is 0 Å². The monoisotopic (exact) mass is 253 g/mol. The molecule has 1 aromatic rings. The predicted octanol–water partition coefficient (Wildman–Crippen LogP) is 1.89. The Bertz CT molecular complexity index is 416. The van der Waals surface area contributed by atoms with Gasteiger partial charge in [-0.3, -0.25) is 15.0 Å². The van der Waals surface area contributed by atoms with Gasteiger partial charge < -0.3 is 10.2 Å². The number of hydrogen-bond donors (Lipinski definition) is 1. The van der Waals surface area contributed by atoms with Crippen LogP contribution in [-0.2, 0) is 6.54 Å². The van der Waals surface area contributed by atoms with Gasteiger partial charge in [-0.25, -0.2) is 0 Å². The Kier molecular flexibility index (Phi) is 3.98. The lowest BCUT2D eigenvalue weighted by atomic mass is 9.97. The van der Waals surface area contributed by atoms with Gasteiger partial charge in [-0.1, -0.05) is 6.42 Å². The van der Waals surface area contributed by atoms with Crippen molar-refractivity contribution in [2.75, 3.05) is 6.54 Å². The maximum absolute atomic E-state index is 10.6. The third-order valence-electron chi connectivity index (χ3n) is 3.46. The van der Waals surface area contributed by atoms with Crippen molar-refractivity contribution in [2.45, 2.75) is 44.8 Å². The van der Waals surface area contributed by atoms with Gasteiger partial charge in [0.25, 0.3) is 0 Å². The molecule has 1 saturated heterocycles. The maximum Gasteiger partial charge on any atom is 0.433 e. The summed E-state index contributed by atoms with van der Waals surface area (Å²) in [7, 11) is 0. The van der Waals surface area contributed by atoms with E-state index in [4.69, 9.17) is 10.2 Å². The fourth-order valence-corrected chi connectivity index (χ4v) is 2.56. The summed E-state index contributed by atoms with van der Waals surface area (Å²) in [6.07, 6.45) is 3.42. The smallest absolute Gasteiger partial charge is 0.404 e. The first-order chi connectivity index (χ1) is 8.58. The van der Waals surface area contributed by atoms with Crippen molar-refractivity contribution < 1.29 is 9.34 Å². The summed E-state index contributed by atoms with van der Waals surface area (Å²) in [5, 5.41) is 10.6. The van der Waals surface area contributed by atoms with E-state index in [-0.39, 0.29) is 11.9 Å². The van der Waals surface area contributed by atoms with Crippen LogP contribution in [0.2, 0.25) is 0 Å². The van der Waals surface area contributed by atoms with Crippen LogP contribution in [0.1, 0.15) is 31.9 Å². The first-order valence-corrected chi connectivity index (χ1v) is 6.30. The lowest BCUT2D eigenvalue weighted by molar-refractivity contribution is -0.402. The second-order valence-electron chi connectivity index (χ2n) is 4.89. The van der Waals surface area contributed by atoms with E-state index in [9.17, 15) is 10.1 Å². The molecule has 1 aliphatic rings. The highest BCUT2D eigenvalue weighted by molar-refractivity contribution is 5.17. The lowest BCUT2D eigenvalue weighted by Gasteiger charge is -2.37. The van der Waals surface area contributed by atoms with Crippen molar-refractivity contribution in [3.05, 3.63) is 28.0 Å². The summed E-state index contributed by atoms with van der Waals surface area (Å²) in [5.74, 6) is 0.439. The van der Waals surface area contributed by atoms with Crippen LogP contribution in [0.15, 0.2) is 16.5 Å². The van der Waals surface area contributed by atoms with Crippen LogP contribution in [-0.4, -0.2) is 28.5 Å². The van der Waals surface area contributed by atoms with E-state index >= 15 is 0 Å². The van der Waals surface area contributed by atoms with Crippen molar-refractivity contribution in [1.29, 1.82) is 0 Å². The Morgan fingerprint density at radius 2 is 2.39 bits per heavy atom. The van der Waals surface area contributed by atoms with Crippen LogP contribution < -0.4 is 5.73 Å². The van der Waals surface area contributed by atoms with E-state index in [2.05, 4.69) is 4.90 Å². The Hall–Kier alpha value is -1.40. The van der Waals surface area contributed by atoms with E-state index in [0.717, 1.165) is 19.4 Å². The molecule has 0 spiro atoms. The van der Waals surface area contributed by atoms with E-state index in [1.807, 2.05) is 6.92 Å².